The fourth-order valence-corrected chi connectivity index (χ4v) is 2.06. The second-order valence-corrected chi connectivity index (χ2v) is 4.85. The summed E-state index contributed by atoms with van der Waals surface area (Å²) in [6.07, 6.45) is 0. The first-order valence-corrected chi connectivity index (χ1v) is 5.15. The van der Waals surface area contributed by atoms with Crippen molar-refractivity contribution in [2.45, 2.75) is 32.0 Å². The van der Waals surface area contributed by atoms with Crippen LogP contribution in [0.1, 0.15) is 26.3 Å². The molecule has 0 bridgehead atoms. The van der Waals surface area contributed by atoms with Crippen LogP contribution in [0.4, 0.5) is 0 Å². The Bertz CT molecular complexity index is 381. The Labute approximate surface area is 102 Å². The molecule has 3 nitrogen and oxygen atoms in total. The summed E-state index contributed by atoms with van der Waals surface area (Å²) < 4.78 is 5.75. The van der Waals surface area contributed by atoms with E-state index in [9.17, 15) is 5.11 Å². The van der Waals surface area contributed by atoms with Crippen LogP contribution in [0.3, 0.4) is 0 Å². The number of halogens is 1. The van der Waals surface area contributed by atoms with E-state index < -0.39 is 5.72 Å². The van der Waals surface area contributed by atoms with Gasteiger partial charge in [0.15, 0.2) is 0 Å². The summed E-state index contributed by atoms with van der Waals surface area (Å²) in [5, 5.41) is 13.2. The third-order valence-electron chi connectivity index (χ3n) is 2.72. The standard InChI is InChI=1S/C12H17NO2.ClH/c1-11(2)8-15-12(3,13-11)9-6-4-5-7-10(9)14;/h4-7,13-14H,8H2,1-3H3;1H. The van der Waals surface area contributed by atoms with Crippen LogP contribution in [0.2, 0.25) is 0 Å². The van der Waals surface area contributed by atoms with Crippen molar-refractivity contribution in [2.24, 2.45) is 0 Å². The smallest absolute Gasteiger partial charge is 0.146 e. The molecule has 0 aromatic heterocycles. The molecule has 4 heteroatoms. The molecule has 1 unspecified atom stereocenters. The van der Waals surface area contributed by atoms with Gasteiger partial charge in [-0.3, -0.25) is 5.32 Å². The molecule has 16 heavy (non-hydrogen) atoms. The highest BCUT2D eigenvalue weighted by Gasteiger charge is 2.42. The third-order valence-corrected chi connectivity index (χ3v) is 2.72. The maximum Gasteiger partial charge on any atom is 0.146 e. The summed E-state index contributed by atoms with van der Waals surface area (Å²) >= 11 is 0. The van der Waals surface area contributed by atoms with E-state index in [1.54, 1.807) is 6.07 Å². The number of hydrogen-bond donors (Lipinski definition) is 2. The second kappa shape index (κ2) is 4.24. The number of aromatic hydroxyl groups is 1. The Morgan fingerprint density at radius 2 is 1.88 bits per heavy atom. The van der Waals surface area contributed by atoms with Crippen molar-refractivity contribution in [3.05, 3.63) is 29.8 Å². The molecule has 1 aliphatic heterocycles. The van der Waals surface area contributed by atoms with Crippen LogP contribution in [0.15, 0.2) is 24.3 Å². The summed E-state index contributed by atoms with van der Waals surface area (Å²) in [4.78, 5) is 0. The molecule has 2 N–H and O–H groups in total. The van der Waals surface area contributed by atoms with Gasteiger partial charge in [0.05, 0.1) is 6.61 Å². The van der Waals surface area contributed by atoms with E-state index in [0.29, 0.717) is 6.61 Å². The zero-order valence-corrected chi connectivity index (χ0v) is 10.6. The predicted octanol–water partition coefficient (Wildman–Crippen LogP) is 2.39. The summed E-state index contributed by atoms with van der Waals surface area (Å²) in [5.41, 5.74) is 0.141. The Kier molecular flexibility index (Phi) is 3.53. The van der Waals surface area contributed by atoms with Crippen molar-refractivity contribution in [1.29, 1.82) is 0 Å². The number of para-hydroxylation sites is 1. The van der Waals surface area contributed by atoms with Crippen molar-refractivity contribution < 1.29 is 9.84 Å². The van der Waals surface area contributed by atoms with Crippen LogP contribution >= 0.6 is 12.4 Å². The van der Waals surface area contributed by atoms with Crippen molar-refractivity contribution in [3.63, 3.8) is 0 Å². The fourth-order valence-electron chi connectivity index (χ4n) is 2.06. The van der Waals surface area contributed by atoms with Crippen LogP contribution in [-0.4, -0.2) is 17.3 Å². The molecule has 0 aliphatic carbocycles. The first kappa shape index (κ1) is 13.3. The molecule has 2 rings (SSSR count). The van der Waals surface area contributed by atoms with E-state index in [0.717, 1.165) is 5.56 Å². The maximum atomic E-state index is 9.79. The highest BCUT2D eigenvalue weighted by Crippen LogP contribution is 2.36. The molecule has 0 amide bonds. The van der Waals surface area contributed by atoms with Crippen molar-refractivity contribution in [1.82, 2.24) is 5.32 Å². The van der Waals surface area contributed by atoms with Crippen molar-refractivity contribution in [2.75, 3.05) is 6.61 Å². The highest BCUT2D eigenvalue weighted by molar-refractivity contribution is 5.85. The van der Waals surface area contributed by atoms with Gasteiger partial charge >= 0.3 is 0 Å². The zero-order chi connectivity index (χ0) is 11.1. The molecule has 1 saturated heterocycles. The van der Waals surface area contributed by atoms with Gasteiger partial charge in [0.2, 0.25) is 0 Å². The van der Waals surface area contributed by atoms with Gasteiger partial charge in [0, 0.05) is 11.1 Å². The monoisotopic (exact) mass is 243 g/mol. The predicted molar refractivity (Wildman–Crippen MR) is 65.9 cm³/mol. The minimum Gasteiger partial charge on any atom is -0.508 e. The number of benzene rings is 1. The molecule has 0 spiro atoms. The third kappa shape index (κ3) is 2.32. The van der Waals surface area contributed by atoms with E-state index in [1.807, 2.05) is 25.1 Å². The molecule has 0 saturated carbocycles. The molecule has 1 aromatic carbocycles. The first-order valence-electron chi connectivity index (χ1n) is 5.15. The summed E-state index contributed by atoms with van der Waals surface area (Å²) in [7, 11) is 0. The van der Waals surface area contributed by atoms with Gasteiger partial charge in [-0.25, -0.2) is 0 Å². The average molecular weight is 244 g/mol. The lowest BCUT2D eigenvalue weighted by Gasteiger charge is -2.27. The topological polar surface area (TPSA) is 41.5 Å². The number of ether oxygens (including phenoxy) is 1. The molecular weight excluding hydrogens is 226 g/mol. The minimum absolute atomic E-state index is 0. The lowest BCUT2D eigenvalue weighted by molar-refractivity contribution is 0.000458. The Morgan fingerprint density at radius 3 is 2.38 bits per heavy atom. The largest absolute Gasteiger partial charge is 0.508 e. The molecule has 1 atom stereocenters. The molecule has 1 aliphatic rings. The lowest BCUT2D eigenvalue weighted by atomic mass is 10.0. The van der Waals surface area contributed by atoms with Gasteiger partial charge in [-0.2, -0.15) is 0 Å². The lowest BCUT2D eigenvalue weighted by Crippen LogP contribution is -2.44. The molecule has 1 fully saturated rings. The van der Waals surface area contributed by atoms with Crippen molar-refractivity contribution in [3.8, 4) is 5.75 Å². The average Bonchev–Trinajstić information content (AvgIpc) is 2.42. The Morgan fingerprint density at radius 1 is 1.25 bits per heavy atom. The SMILES string of the molecule is CC1(C)COC(C)(c2ccccc2O)N1.Cl. The van der Waals surface area contributed by atoms with Crippen LogP contribution in [0.25, 0.3) is 0 Å². The fraction of sp³-hybridized carbons (Fsp3) is 0.500. The van der Waals surface area contributed by atoms with Gasteiger partial charge < -0.3 is 9.84 Å². The summed E-state index contributed by atoms with van der Waals surface area (Å²) in [5.74, 6) is 0.269. The molecular formula is C12H18ClNO2. The minimum atomic E-state index is -0.588. The maximum absolute atomic E-state index is 9.79. The summed E-state index contributed by atoms with van der Waals surface area (Å²) in [6.45, 7) is 6.74. The normalized spacial score (nSPS) is 27.4. The van der Waals surface area contributed by atoms with Crippen molar-refractivity contribution >= 4 is 12.4 Å². The van der Waals surface area contributed by atoms with Gasteiger partial charge in [0.1, 0.15) is 11.5 Å². The van der Waals surface area contributed by atoms with Gasteiger partial charge in [-0.15, -0.1) is 12.4 Å². The van der Waals surface area contributed by atoms with Gasteiger partial charge in [0.25, 0.3) is 0 Å². The number of hydrogen-bond acceptors (Lipinski definition) is 3. The summed E-state index contributed by atoms with van der Waals surface area (Å²) in [6, 6.07) is 7.26. The number of rotatable bonds is 1. The molecule has 0 radical (unpaired) electrons. The second-order valence-electron chi connectivity index (χ2n) is 4.85. The van der Waals surface area contributed by atoms with Crippen LogP contribution in [0, 0.1) is 0 Å². The van der Waals surface area contributed by atoms with E-state index in [1.165, 1.54) is 0 Å². The van der Waals surface area contributed by atoms with Gasteiger partial charge in [-0.1, -0.05) is 18.2 Å². The van der Waals surface area contributed by atoms with Gasteiger partial charge in [-0.05, 0) is 26.8 Å². The highest BCUT2D eigenvalue weighted by atomic mass is 35.5. The van der Waals surface area contributed by atoms with E-state index >= 15 is 0 Å². The Balaban J connectivity index is 0.00000128. The number of phenolic OH excluding ortho intramolecular Hbond substituents is 1. The van der Waals surface area contributed by atoms with Crippen LogP contribution in [0.5, 0.6) is 5.75 Å². The van der Waals surface area contributed by atoms with Crippen LogP contribution < -0.4 is 5.32 Å². The first-order chi connectivity index (χ1) is 6.93. The molecule has 1 aromatic rings. The van der Waals surface area contributed by atoms with E-state index in [4.69, 9.17) is 4.74 Å². The van der Waals surface area contributed by atoms with E-state index in [2.05, 4.69) is 19.2 Å². The number of phenols is 1. The number of nitrogens with one attached hydrogen (secondary N) is 1. The molecule has 1 heterocycles. The zero-order valence-electron chi connectivity index (χ0n) is 9.78. The Hall–Kier alpha value is -0.770. The van der Waals surface area contributed by atoms with E-state index in [-0.39, 0.29) is 23.7 Å². The quantitative estimate of drug-likeness (QED) is 0.796. The van der Waals surface area contributed by atoms with Crippen LogP contribution in [-0.2, 0) is 10.5 Å². The molecule has 90 valence electrons.